The number of ketones is 1. The monoisotopic (exact) mass is 270 g/mol. The van der Waals surface area contributed by atoms with Crippen molar-refractivity contribution in [2.75, 3.05) is 0 Å². The second-order valence-corrected chi connectivity index (χ2v) is 4.02. The Hall–Kier alpha value is -1.81. The molecule has 1 nitrogen and oxygen atoms in total. The second kappa shape index (κ2) is 4.82. The average Bonchev–Trinajstić information content (AvgIpc) is 2.26. The van der Waals surface area contributed by atoms with E-state index in [1.807, 2.05) is 0 Å². The lowest BCUT2D eigenvalue weighted by atomic mass is 10.0. The molecule has 2 aromatic rings. The molecular weight excluding hydrogens is 265 g/mol. The summed E-state index contributed by atoms with van der Waals surface area (Å²) in [5.41, 5.74) is -0.191. The summed E-state index contributed by atoms with van der Waals surface area (Å²) in [7, 11) is 0. The molecular formula is C13H6ClF3O. The number of carbonyl (C=O) groups excluding carboxylic acids is 1. The highest BCUT2D eigenvalue weighted by Gasteiger charge is 2.15. The minimum atomic E-state index is -0.864. The first-order valence-electron chi connectivity index (χ1n) is 4.93. The van der Waals surface area contributed by atoms with Crippen molar-refractivity contribution in [1.29, 1.82) is 0 Å². The summed E-state index contributed by atoms with van der Waals surface area (Å²) in [6.07, 6.45) is 0. The van der Waals surface area contributed by atoms with Gasteiger partial charge in [-0.25, -0.2) is 13.2 Å². The van der Waals surface area contributed by atoms with E-state index in [0.717, 1.165) is 24.3 Å². The van der Waals surface area contributed by atoms with Crippen LogP contribution in [0.5, 0.6) is 0 Å². The molecule has 2 aromatic carbocycles. The molecule has 18 heavy (non-hydrogen) atoms. The summed E-state index contributed by atoms with van der Waals surface area (Å²) in [6.45, 7) is 0. The van der Waals surface area contributed by atoms with E-state index in [0.29, 0.717) is 6.07 Å². The minimum Gasteiger partial charge on any atom is -0.289 e. The number of rotatable bonds is 2. The lowest BCUT2D eigenvalue weighted by Crippen LogP contribution is -2.03. The van der Waals surface area contributed by atoms with Crippen LogP contribution in [0, 0.1) is 17.5 Å². The van der Waals surface area contributed by atoms with E-state index in [-0.39, 0.29) is 16.1 Å². The molecule has 92 valence electrons. The van der Waals surface area contributed by atoms with E-state index >= 15 is 0 Å². The molecule has 0 amide bonds. The van der Waals surface area contributed by atoms with Crippen LogP contribution in [-0.2, 0) is 0 Å². The van der Waals surface area contributed by atoms with Gasteiger partial charge < -0.3 is 0 Å². The molecule has 0 aliphatic rings. The van der Waals surface area contributed by atoms with Crippen molar-refractivity contribution in [3.8, 4) is 0 Å². The SMILES string of the molecule is O=C(c1cc(F)cc(F)c1)c1ccc(F)cc1Cl. The summed E-state index contributed by atoms with van der Waals surface area (Å²) >= 11 is 5.71. The van der Waals surface area contributed by atoms with E-state index in [1.54, 1.807) is 0 Å². The molecule has 0 atom stereocenters. The molecule has 0 unspecified atom stereocenters. The summed E-state index contributed by atoms with van der Waals surface area (Å²) in [5, 5.41) is -0.107. The van der Waals surface area contributed by atoms with E-state index < -0.39 is 23.2 Å². The van der Waals surface area contributed by atoms with Gasteiger partial charge in [-0.1, -0.05) is 11.6 Å². The van der Waals surface area contributed by atoms with Crippen molar-refractivity contribution in [1.82, 2.24) is 0 Å². The zero-order chi connectivity index (χ0) is 13.3. The van der Waals surface area contributed by atoms with Crippen molar-refractivity contribution >= 4 is 17.4 Å². The largest absolute Gasteiger partial charge is 0.289 e. The third kappa shape index (κ3) is 2.54. The number of halogens is 4. The maximum atomic E-state index is 13.0. The molecule has 0 saturated heterocycles. The summed E-state index contributed by atoms with van der Waals surface area (Å²) in [5.74, 6) is -2.99. The lowest BCUT2D eigenvalue weighted by molar-refractivity contribution is 0.103. The fourth-order valence-corrected chi connectivity index (χ4v) is 1.77. The van der Waals surface area contributed by atoms with Crippen LogP contribution in [0.15, 0.2) is 36.4 Å². The van der Waals surface area contributed by atoms with E-state index in [9.17, 15) is 18.0 Å². The van der Waals surface area contributed by atoms with Gasteiger partial charge in [-0.15, -0.1) is 0 Å². The van der Waals surface area contributed by atoms with Gasteiger partial charge >= 0.3 is 0 Å². The van der Waals surface area contributed by atoms with E-state index in [2.05, 4.69) is 0 Å². The van der Waals surface area contributed by atoms with Crippen molar-refractivity contribution in [3.05, 3.63) is 70.0 Å². The fourth-order valence-electron chi connectivity index (χ4n) is 1.51. The zero-order valence-electron chi connectivity index (χ0n) is 8.88. The highest BCUT2D eigenvalue weighted by molar-refractivity contribution is 6.35. The van der Waals surface area contributed by atoms with Crippen LogP contribution in [0.25, 0.3) is 0 Å². The molecule has 0 fully saturated rings. The normalized spacial score (nSPS) is 10.4. The Morgan fingerprint density at radius 2 is 1.50 bits per heavy atom. The molecule has 0 aromatic heterocycles. The Kier molecular flexibility index (Phi) is 3.39. The topological polar surface area (TPSA) is 17.1 Å². The first kappa shape index (κ1) is 12.6. The second-order valence-electron chi connectivity index (χ2n) is 3.61. The first-order chi connectivity index (χ1) is 8.47. The lowest BCUT2D eigenvalue weighted by Gasteiger charge is -2.04. The Bertz CT molecular complexity index is 605. The predicted molar refractivity (Wildman–Crippen MR) is 61.2 cm³/mol. The van der Waals surface area contributed by atoms with Crippen molar-refractivity contribution in [2.45, 2.75) is 0 Å². The third-order valence-corrected chi connectivity index (χ3v) is 2.61. The van der Waals surface area contributed by atoms with Gasteiger partial charge in [0.1, 0.15) is 17.5 Å². The van der Waals surface area contributed by atoms with Crippen molar-refractivity contribution in [3.63, 3.8) is 0 Å². The Morgan fingerprint density at radius 3 is 2.06 bits per heavy atom. The van der Waals surface area contributed by atoms with Gasteiger partial charge in [-0.3, -0.25) is 4.79 Å². The maximum Gasteiger partial charge on any atom is 0.194 e. The van der Waals surface area contributed by atoms with Crippen LogP contribution in [0.3, 0.4) is 0 Å². The molecule has 2 rings (SSSR count). The van der Waals surface area contributed by atoms with Gasteiger partial charge in [0, 0.05) is 17.2 Å². The van der Waals surface area contributed by atoms with Crippen molar-refractivity contribution < 1.29 is 18.0 Å². The third-order valence-electron chi connectivity index (χ3n) is 2.30. The van der Waals surface area contributed by atoms with Crippen LogP contribution in [0.4, 0.5) is 13.2 Å². The standard InChI is InChI=1S/C13H6ClF3O/c14-12-6-8(15)1-2-11(12)13(18)7-3-9(16)5-10(17)4-7/h1-6H. The van der Waals surface area contributed by atoms with Gasteiger partial charge in [0.15, 0.2) is 5.78 Å². The molecule has 0 aliphatic carbocycles. The quantitative estimate of drug-likeness (QED) is 0.754. The van der Waals surface area contributed by atoms with Crippen LogP contribution in [0.2, 0.25) is 5.02 Å². The first-order valence-corrected chi connectivity index (χ1v) is 5.31. The maximum absolute atomic E-state index is 13.0. The Labute approximate surface area is 106 Å². The zero-order valence-corrected chi connectivity index (χ0v) is 9.64. The number of benzene rings is 2. The van der Waals surface area contributed by atoms with Gasteiger partial charge in [-0.05, 0) is 30.3 Å². The van der Waals surface area contributed by atoms with Crippen molar-refractivity contribution in [2.24, 2.45) is 0 Å². The molecule has 0 aliphatic heterocycles. The molecule has 0 radical (unpaired) electrons. The van der Waals surface area contributed by atoms with Crippen LogP contribution in [-0.4, -0.2) is 5.78 Å². The van der Waals surface area contributed by atoms with E-state index in [1.165, 1.54) is 6.07 Å². The van der Waals surface area contributed by atoms with Gasteiger partial charge in [0.25, 0.3) is 0 Å². The molecule has 0 spiro atoms. The van der Waals surface area contributed by atoms with E-state index in [4.69, 9.17) is 11.6 Å². The summed E-state index contributed by atoms with van der Waals surface area (Å²) in [4.78, 5) is 11.9. The van der Waals surface area contributed by atoms with Gasteiger partial charge in [-0.2, -0.15) is 0 Å². The minimum absolute atomic E-state index is 0.0110. The van der Waals surface area contributed by atoms with Crippen LogP contribution in [0.1, 0.15) is 15.9 Å². The molecule has 0 N–H and O–H groups in total. The Balaban J connectivity index is 2.47. The van der Waals surface area contributed by atoms with Crippen LogP contribution >= 0.6 is 11.6 Å². The highest BCUT2D eigenvalue weighted by Crippen LogP contribution is 2.21. The van der Waals surface area contributed by atoms with Gasteiger partial charge in [0.2, 0.25) is 0 Å². The Morgan fingerprint density at radius 1 is 0.889 bits per heavy atom. The number of carbonyl (C=O) groups is 1. The molecule has 0 saturated carbocycles. The summed E-state index contributed by atoms with van der Waals surface area (Å²) in [6, 6.07) is 5.63. The summed E-state index contributed by atoms with van der Waals surface area (Å²) < 4.78 is 38.8. The predicted octanol–water partition coefficient (Wildman–Crippen LogP) is 3.99. The molecule has 0 bridgehead atoms. The molecule has 5 heteroatoms. The average molecular weight is 271 g/mol. The fraction of sp³-hybridized carbons (Fsp3) is 0. The molecule has 0 heterocycles. The smallest absolute Gasteiger partial charge is 0.194 e. The van der Waals surface area contributed by atoms with Gasteiger partial charge in [0.05, 0.1) is 5.02 Å². The highest BCUT2D eigenvalue weighted by atomic mass is 35.5. The van der Waals surface area contributed by atoms with Crippen LogP contribution < -0.4 is 0 Å². The number of hydrogen-bond acceptors (Lipinski definition) is 1. The number of hydrogen-bond donors (Lipinski definition) is 0.